The van der Waals surface area contributed by atoms with Gasteiger partial charge in [-0.15, -0.1) is 11.8 Å². The van der Waals surface area contributed by atoms with Gasteiger partial charge in [-0.25, -0.2) is 4.79 Å². The van der Waals surface area contributed by atoms with Gasteiger partial charge in [0.05, 0.1) is 24.1 Å². The molecule has 4 heterocycles. The number of aliphatic carboxylic acids is 1. The van der Waals surface area contributed by atoms with E-state index in [1.807, 2.05) is 18.7 Å². The SMILES string of the molecule is CC(O)C1C(=O)N2C(C(=O)O)=C(SC3CNC(C(=O)N4CCNCC4C)C3)C(C)[C@H]12. The second-order valence-electron chi connectivity index (χ2n) is 8.79. The summed E-state index contributed by atoms with van der Waals surface area (Å²) in [6, 6.07) is -0.417. The van der Waals surface area contributed by atoms with Crippen molar-refractivity contribution < 1.29 is 24.6 Å². The molecule has 30 heavy (non-hydrogen) atoms. The molecule has 6 unspecified atom stereocenters. The minimum atomic E-state index is -1.11. The van der Waals surface area contributed by atoms with E-state index in [0.29, 0.717) is 24.4 Å². The number of amides is 2. The van der Waals surface area contributed by atoms with Crippen molar-refractivity contribution in [1.82, 2.24) is 20.4 Å². The van der Waals surface area contributed by atoms with E-state index >= 15 is 0 Å². The molecule has 0 aromatic carbocycles. The highest BCUT2D eigenvalue weighted by Crippen LogP contribution is 2.51. The van der Waals surface area contributed by atoms with Gasteiger partial charge in [0, 0.05) is 48.3 Å². The lowest BCUT2D eigenvalue weighted by atomic mass is 9.79. The van der Waals surface area contributed by atoms with Crippen molar-refractivity contribution in [1.29, 1.82) is 0 Å². The Balaban J connectivity index is 1.46. The number of nitrogens with zero attached hydrogens (tertiary/aromatic N) is 2. The first kappa shape index (κ1) is 21.6. The Bertz CT molecular complexity index is 787. The Morgan fingerprint density at radius 3 is 2.63 bits per heavy atom. The van der Waals surface area contributed by atoms with Crippen LogP contribution in [0.3, 0.4) is 0 Å². The molecule has 7 atom stereocenters. The molecule has 4 N–H and O–H groups in total. The predicted octanol–water partition coefficient (Wildman–Crippen LogP) is -0.576. The Morgan fingerprint density at radius 2 is 2.00 bits per heavy atom. The molecule has 0 spiro atoms. The lowest BCUT2D eigenvalue weighted by molar-refractivity contribution is -0.163. The van der Waals surface area contributed by atoms with Gasteiger partial charge >= 0.3 is 5.97 Å². The molecule has 0 aromatic heterocycles. The third-order valence-electron chi connectivity index (χ3n) is 6.78. The fourth-order valence-electron chi connectivity index (χ4n) is 5.21. The van der Waals surface area contributed by atoms with Gasteiger partial charge in [0.1, 0.15) is 5.70 Å². The van der Waals surface area contributed by atoms with E-state index in [2.05, 4.69) is 10.6 Å². The summed E-state index contributed by atoms with van der Waals surface area (Å²) in [6.45, 7) is 8.43. The van der Waals surface area contributed by atoms with Crippen LogP contribution in [0, 0.1) is 11.8 Å². The molecule has 0 aliphatic carbocycles. The average Bonchev–Trinajstić information content (AvgIpc) is 3.24. The van der Waals surface area contributed by atoms with Crippen LogP contribution in [-0.2, 0) is 14.4 Å². The summed E-state index contributed by atoms with van der Waals surface area (Å²) in [5.41, 5.74) is 0.0462. The van der Waals surface area contributed by atoms with Gasteiger partial charge in [-0.1, -0.05) is 6.92 Å². The maximum Gasteiger partial charge on any atom is 0.353 e. The molecule has 0 radical (unpaired) electrons. The maximum absolute atomic E-state index is 12.9. The van der Waals surface area contributed by atoms with Crippen LogP contribution < -0.4 is 10.6 Å². The molecule has 0 aromatic rings. The number of carboxylic acid groups (broad SMARTS) is 1. The fourth-order valence-corrected chi connectivity index (χ4v) is 6.69. The molecule has 4 aliphatic heterocycles. The zero-order valence-corrected chi connectivity index (χ0v) is 18.3. The maximum atomic E-state index is 12.9. The summed E-state index contributed by atoms with van der Waals surface area (Å²) in [5, 5.41) is 26.4. The molecule has 166 valence electrons. The van der Waals surface area contributed by atoms with Crippen LogP contribution in [0.25, 0.3) is 0 Å². The number of aliphatic hydroxyl groups excluding tert-OH is 1. The highest BCUT2D eigenvalue weighted by molar-refractivity contribution is 8.03. The molecular weight excluding hydrogens is 408 g/mol. The van der Waals surface area contributed by atoms with Crippen molar-refractivity contribution in [3.8, 4) is 0 Å². The second-order valence-corrected chi connectivity index (χ2v) is 10.1. The van der Waals surface area contributed by atoms with Crippen molar-refractivity contribution in [3.63, 3.8) is 0 Å². The fraction of sp³-hybridized carbons (Fsp3) is 0.750. The van der Waals surface area contributed by atoms with Crippen LogP contribution in [0.4, 0.5) is 0 Å². The number of fused-ring (bicyclic) bond motifs is 1. The highest BCUT2D eigenvalue weighted by Gasteiger charge is 2.60. The summed E-state index contributed by atoms with van der Waals surface area (Å²) < 4.78 is 0. The highest BCUT2D eigenvalue weighted by atomic mass is 32.2. The van der Waals surface area contributed by atoms with Gasteiger partial charge in [0.25, 0.3) is 0 Å². The summed E-state index contributed by atoms with van der Waals surface area (Å²) in [7, 11) is 0. The molecule has 2 amide bonds. The average molecular weight is 439 g/mol. The first-order valence-corrected chi connectivity index (χ1v) is 11.5. The summed E-state index contributed by atoms with van der Waals surface area (Å²) in [6.07, 6.45) is -0.182. The largest absolute Gasteiger partial charge is 0.477 e. The van der Waals surface area contributed by atoms with Crippen molar-refractivity contribution in [2.75, 3.05) is 26.2 Å². The Hall–Kier alpha value is -1.62. The van der Waals surface area contributed by atoms with Crippen molar-refractivity contribution in [2.24, 2.45) is 11.8 Å². The van der Waals surface area contributed by atoms with Crippen LogP contribution in [-0.4, -0.2) is 93.5 Å². The lowest BCUT2D eigenvalue weighted by Gasteiger charge is -2.46. The molecule has 9 nitrogen and oxygen atoms in total. The Morgan fingerprint density at radius 1 is 1.27 bits per heavy atom. The van der Waals surface area contributed by atoms with Gasteiger partial charge in [-0.2, -0.15) is 0 Å². The third-order valence-corrected chi connectivity index (χ3v) is 8.29. The number of β-lactam (4-membered cyclic amide) rings is 1. The van der Waals surface area contributed by atoms with Crippen LogP contribution in [0.15, 0.2) is 10.6 Å². The normalized spacial score (nSPS) is 37.3. The summed E-state index contributed by atoms with van der Waals surface area (Å²) >= 11 is 1.47. The Kier molecular flexibility index (Phi) is 5.86. The van der Waals surface area contributed by atoms with E-state index in [-0.39, 0.29) is 46.8 Å². The van der Waals surface area contributed by atoms with E-state index in [4.69, 9.17) is 0 Å². The second kappa shape index (κ2) is 8.14. The number of aliphatic hydroxyl groups is 1. The number of carboxylic acids is 1. The first-order valence-electron chi connectivity index (χ1n) is 10.6. The molecule has 4 rings (SSSR count). The molecule has 0 saturated carbocycles. The minimum absolute atomic E-state index is 0.0462. The smallest absolute Gasteiger partial charge is 0.353 e. The lowest BCUT2D eigenvalue weighted by Crippen LogP contribution is -2.63. The number of piperazine rings is 1. The number of hydrogen-bond donors (Lipinski definition) is 4. The number of rotatable bonds is 5. The number of hydrogen-bond acceptors (Lipinski definition) is 7. The van der Waals surface area contributed by atoms with E-state index < -0.39 is 18.0 Å². The van der Waals surface area contributed by atoms with Crippen LogP contribution in [0.1, 0.15) is 27.2 Å². The van der Waals surface area contributed by atoms with Crippen LogP contribution in [0.5, 0.6) is 0 Å². The van der Waals surface area contributed by atoms with Crippen molar-refractivity contribution >= 4 is 29.5 Å². The van der Waals surface area contributed by atoms with Gasteiger partial charge in [0.2, 0.25) is 11.8 Å². The van der Waals surface area contributed by atoms with Crippen molar-refractivity contribution in [3.05, 3.63) is 10.6 Å². The monoisotopic (exact) mass is 438 g/mol. The quantitative estimate of drug-likeness (QED) is 0.421. The van der Waals surface area contributed by atoms with Crippen LogP contribution in [0.2, 0.25) is 0 Å². The predicted molar refractivity (Wildman–Crippen MR) is 111 cm³/mol. The van der Waals surface area contributed by atoms with E-state index in [1.165, 1.54) is 16.7 Å². The molecular formula is C20H30N4O5S. The number of carbonyl (C=O) groups excluding carboxylic acids is 2. The van der Waals surface area contributed by atoms with E-state index in [9.17, 15) is 24.6 Å². The first-order chi connectivity index (χ1) is 14.2. The van der Waals surface area contributed by atoms with Gasteiger partial charge in [-0.05, 0) is 20.3 Å². The topological polar surface area (TPSA) is 122 Å². The summed E-state index contributed by atoms with van der Waals surface area (Å²) in [4.78, 5) is 41.3. The standard InChI is InChI=1S/C20H30N4O5S/c1-9-7-21-4-5-23(9)18(26)13-6-12(8-22-13)30-17-10(2)15-14(11(3)25)19(27)24(15)16(17)20(28)29/h9-15,21-22,25H,4-8H2,1-3H3,(H,28,29)/t9?,10?,11?,12?,13?,14?,15-/m1/s1. The molecule has 3 fully saturated rings. The van der Waals surface area contributed by atoms with Gasteiger partial charge in [-0.3, -0.25) is 9.59 Å². The number of thioether (sulfide) groups is 1. The molecule has 0 bridgehead atoms. The third kappa shape index (κ3) is 3.43. The molecule has 10 heteroatoms. The zero-order valence-electron chi connectivity index (χ0n) is 17.5. The van der Waals surface area contributed by atoms with Gasteiger partial charge < -0.3 is 30.6 Å². The minimum Gasteiger partial charge on any atom is -0.477 e. The molecule has 3 saturated heterocycles. The van der Waals surface area contributed by atoms with Crippen LogP contribution >= 0.6 is 11.8 Å². The zero-order chi connectivity index (χ0) is 21.7. The number of carbonyl (C=O) groups is 3. The molecule has 4 aliphatic rings. The van der Waals surface area contributed by atoms with Gasteiger partial charge in [0.15, 0.2) is 0 Å². The van der Waals surface area contributed by atoms with Crippen molar-refractivity contribution in [2.45, 2.75) is 56.7 Å². The van der Waals surface area contributed by atoms with E-state index in [1.54, 1.807) is 6.92 Å². The Labute approximate surface area is 180 Å². The summed E-state index contributed by atoms with van der Waals surface area (Å²) in [5.74, 6) is -2.04. The van der Waals surface area contributed by atoms with E-state index in [0.717, 1.165) is 13.1 Å². The number of nitrogens with one attached hydrogen (secondary N) is 2.